The normalized spacial score (nSPS) is 21.8. The first-order chi connectivity index (χ1) is 8.92. The van der Waals surface area contributed by atoms with Gasteiger partial charge in [-0.3, -0.25) is 0 Å². The summed E-state index contributed by atoms with van der Waals surface area (Å²) < 4.78 is 0. The average Bonchev–Trinajstić information content (AvgIpc) is 2.39. The van der Waals surface area contributed by atoms with E-state index in [-0.39, 0.29) is 0 Å². The van der Waals surface area contributed by atoms with Crippen molar-refractivity contribution < 1.29 is 0 Å². The Balaban J connectivity index is 1.54. The lowest BCUT2D eigenvalue weighted by molar-refractivity contribution is 0.338. The van der Waals surface area contributed by atoms with Gasteiger partial charge in [-0.1, -0.05) is 49.9 Å². The first-order valence-electron chi connectivity index (χ1n) is 7.74. The van der Waals surface area contributed by atoms with E-state index in [1.54, 1.807) is 5.56 Å². The predicted molar refractivity (Wildman–Crippen MR) is 76.7 cm³/mol. The first kappa shape index (κ1) is 12.2. The van der Waals surface area contributed by atoms with E-state index >= 15 is 0 Å². The highest BCUT2D eigenvalue weighted by Crippen LogP contribution is 2.32. The van der Waals surface area contributed by atoms with Crippen LogP contribution in [0.15, 0.2) is 24.3 Å². The molecule has 18 heavy (non-hydrogen) atoms. The number of nitrogens with one attached hydrogen (secondary N) is 1. The molecule has 3 rings (SSSR count). The molecule has 0 aliphatic heterocycles. The van der Waals surface area contributed by atoms with Gasteiger partial charge in [0.2, 0.25) is 0 Å². The first-order valence-corrected chi connectivity index (χ1v) is 7.74. The van der Waals surface area contributed by atoms with E-state index in [2.05, 4.69) is 29.6 Å². The minimum atomic E-state index is 0.794. The average molecular weight is 243 g/mol. The molecule has 0 spiro atoms. The molecule has 1 aromatic carbocycles. The molecule has 2 saturated carbocycles. The Hall–Kier alpha value is -0.820. The van der Waals surface area contributed by atoms with Gasteiger partial charge in [-0.05, 0) is 42.7 Å². The Morgan fingerprint density at radius 2 is 1.56 bits per heavy atom. The summed E-state index contributed by atoms with van der Waals surface area (Å²) in [5.41, 5.74) is 3.02. The highest BCUT2D eigenvalue weighted by Gasteiger charge is 2.17. The Kier molecular flexibility index (Phi) is 3.99. The molecule has 0 atom stereocenters. The van der Waals surface area contributed by atoms with Crippen molar-refractivity contribution in [2.75, 3.05) is 0 Å². The zero-order valence-electron chi connectivity index (χ0n) is 11.3. The van der Waals surface area contributed by atoms with Crippen LogP contribution in [0.3, 0.4) is 0 Å². The van der Waals surface area contributed by atoms with E-state index in [0.29, 0.717) is 0 Å². The molecule has 0 bridgehead atoms. The smallest absolute Gasteiger partial charge is 0.0208 e. The summed E-state index contributed by atoms with van der Waals surface area (Å²) in [7, 11) is 0. The summed E-state index contributed by atoms with van der Waals surface area (Å²) in [4.78, 5) is 0. The van der Waals surface area contributed by atoms with Crippen LogP contribution in [0.5, 0.6) is 0 Å². The molecule has 2 aliphatic rings. The van der Waals surface area contributed by atoms with Gasteiger partial charge in [-0.2, -0.15) is 0 Å². The largest absolute Gasteiger partial charge is 0.310 e. The van der Waals surface area contributed by atoms with E-state index in [1.165, 1.54) is 56.9 Å². The van der Waals surface area contributed by atoms with Crippen molar-refractivity contribution in [3.8, 4) is 0 Å². The summed E-state index contributed by atoms with van der Waals surface area (Å²) in [6.07, 6.45) is 11.3. The van der Waals surface area contributed by atoms with Crippen molar-refractivity contribution in [2.24, 2.45) is 0 Å². The van der Waals surface area contributed by atoms with Crippen molar-refractivity contribution >= 4 is 0 Å². The van der Waals surface area contributed by atoms with Crippen LogP contribution in [0.1, 0.15) is 68.4 Å². The zero-order chi connectivity index (χ0) is 12.2. The van der Waals surface area contributed by atoms with E-state index in [9.17, 15) is 0 Å². The molecule has 0 unspecified atom stereocenters. The van der Waals surface area contributed by atoms with Crippen LogP contribution < -0.4 is 5.32 Å². The molecule has 1 N–H and O–H groups in total. The third-order valence-electron chi connectivity index (χ3n) is 4.76. The maximum absolute atomic E-state index is 3.63. The number of hydrogen-bond acceptors (Lipinski definition) is 1. The summed E-state index contributed by atoms with van der Waals surface area (Å²) in [6.45, 7) is 1.05. The van der Waals surface area contributed by atoms with Gasteiger partial charge in [0.25, 0.3) is 0 Å². The molecule has 1 aromatic rings. The van der Waals surface area contributed by atoms with Crippen LogP contribution in [-0.2, 0) is 6.54 Å². The Labute approximate surface area is 111 Å². The van der Waals surface area contributed by atoms with E-state index in [4.69, 9.17) is 0 Å². The summed E-state index contributed by atoms with van der Waals surface area (Å²) in [6, 6.07) is 10.2. The van der Waals surface area contributed by atoms with Crippen LogP contribution in [0.4, 0.5) is 0 Å². The highest BCUT2D eigenvalue weighted by molar-refractivity contribution is 5.25. The van der Waals surface area contributed by atoms with Gasteiger partial charge >= 0.3 is 0 Å². The molecule has 2 aliphatic carbocycles. The molecule has 0 amide bonds. The fourth-order valence-electron chi connectivity index (χ4n) is 3.22. The minimum absolute atomic E-state index is 0.794. The number of benzene rings is 1. The van der Waals surface area contributed by atoms with Gasteiger partial charge in [0.1, 0.15) is 0 Å². The monoisotopic (exact) mass is 243 g/mol. The lowest BCUT2D eigenvalue weighted by Crippen LogP contribution is -2.34. The van der Waals surface area contributed by atoms with Gasteiger partial charge < -0.3 is 5.32 Å². The third kappa shape index (κ3) is 2.95. The Bertz CT molecular complexity index is 358. The molecule has 2 fully saturated rings. The van der Waals surface area contributed by atoms with Gasteiger partial charge in [0, 0.05) is 12.6 Å². The zero-order valence-corrected chi connectivity index (χ0v) is 11.3. The lowest BCUT2D eigenvalue weighted by atomic mass is 9.84. The van der Waals surface area contributed by atoms with Crippen LogP contribution >= 0.6 is 0 Å². The maximum atomic E-state index is 3.63. The molecule has 0 radical (unpaired) electrons. The van der Waals surface area contributed by atoms with Gasteiger partial charge in [0.15, 0.2) is 0 Å². The predicted octanol–water partition coefficient (Wildman–Crippen LogP) is 4.38. The van der Waals surface area contributed by atoms with Crippen LogP contribution in [-0.4, -0.2) is 6.04 Å². The van der Waals surface area contributed by atoms with E-state index in [0.717, 1.165) is 18.5 Å². The summed E-state index contributed by atoms with van der Waals surface area (Å²) >= 11 is 0. The van der Waals surface area contributed by atoms with Crippen molar-refractivity contribution in [1.29, 1.82) is 0 Å². The lowest BCUT2D eigenvalue weighted by Gasteiger charge is -2.26. The maximum Gasteiger partial charge on any atom is 0.0208 e. The van der Waals surface area contributed by atoms with Gasteiger partial charge in [-0.15, -0.1) is 0 Å². The second kappa shape index (κ2) is 5.88. The molecular weight excluding hydrogens is 218 g/mol. The second-order valence-electron chi connectivity index (χ2n) is 6.09. The minimum Gasteiger partial charge on any atom is -0.310 e. The van der Waals surface area contributed by atoms with Gasteiger partial charge in [0.05, 0.1) is 0 Å². The summed E-state index contributed by atoms with van der Waals surface area (Å²) in [5.74, 6) is 0.840. The molecular formula is C17H25N. The topological polar surface area (TPSA) is 12.0 Å². The second-order valence-corrected chi connectivity index (χ2v) is 6.09. The molecule has 1 nitrogen and oxygen atoms in total. The molecule has 0 aromatic heterocycles. The van der Waals surface area contributed by atoms with E-state index < -0.39 is 0 Å². The van der Waals surface area contributed by atoms with Crippen LogP contribution in [0.2, 0.25) is 0 Å². The molecule has 98 valence electrons. The van der Waals surface area contributed by atoms with Crippen molar-refractivity contribution in [3.05, 3.63) is 35.4 Å². The Morgan fingerprint density at radius 1 is 0.833 bits per heavy atom. The van der Waals surface area contributed by atoms with Crippen LogP contribution in [0.25, 0.3) is 0 Å². The van der Waals surface area contributed by atoms with Crippen molar-refractivity contribution in [1.82, 2.24) is 5.32 Å². The highest BCUT2D eigenvalue weighted by atomic mass is 14.9. The Morgan fingerprint density at radius 3 is 2.17 bits per heavy atom. The third-order valence-corrected chi connectivity index (χ3v) is 4.76. The number of rotatable bonds is 4. The van der Waals surface area contributed by atoms with Crippen molar-refractivity contribution in [2.45, 2.75) is 69.9 Å². The molecule has 0 saturated heterocycles. The molecule has 0 heterocycles. The fraction of sp³-hybridized carbons (Fsp3) is 0.647. The van der Waals surface area contributed by atoms with Crippen LogP contribution in [0, 0.1) is 0 Å². The van der Waals surface area contributed by atoms with Crippen molar-refractivity contribution in [3.63, 3.8) is 0 Å². The summed E-state index contributed by atoms with van der Waals surface area (Å²) in [5, 5.41) is 3.63. The standard InChI is InChI=1S/C17H25N/c1-2-5-15(6-3-1)16-11-9-14(10-12-16)13-18-17-7-4-8-17/h9-12,15,17-18H,1-8,13H2. The molecule has 1 heteroatoms. The van der Waals surface area contributed by atoms with Gasteiger partial charge in [-0.25, -0.2) is 0 Å². The van der Waals surface area contributed by atoms with E-state index in [1.807, 2.05) is 0 Å². The quantitative estimate of drug-likeness (QED) is 0.827. The number of hydrogen-bond donors (Lipinski definition) is 1. The fourth-order valence-corrected chi connectivity index (χ4v) is 3.22. The SMILES string of the molecule is c1cc(C2CCCCC2)ccc1CNC1CCC1.